The monoisotopic (exact) mass is 436 g/mol. The van der Waals surface area contributed by atoms with Gasteiger partial charge in [0.1, 0.15) is 0 Å². The minimum atomic E-state index is -0.476. The van der Waals surface area contributed by atoms with Gasteiger partial charge in [0, 0.05) is 49.6 Å². The molecule has 1 saturated heterocycles. The normalized spacial score (nSPS) is 18.3. The molecule has 2 amide bonds. The van der Waals surface area contributed by atoms with Gasteiger partial charge in [-0.15, -0.1) is 0 Å². The molecule has 1 heterocycles. The first-order valence-electron chi connectivity index (χ1n) is 11.2. The Hall–Kier alpha value is -3.26. The molecule has 2 aliphatic rings. The molecule has 1 saturated carbocycles. The summed E-state index contributed by atoms with van der Waals surface area (Å²) in [6.07, 6.45) is 4.40. The van der Waals surface area contributed by atoms with Crippen LogP contribution in [0.15, 0.2) is 54.6 Å². The molecule has 0 radical (unpaired) electrons. The van der Waals surface area contributed by atoms with Crippen LogP contribution in [0.25, 0.3) is 0 Å². The van der Waals surface area contributed by atoms with E-state index in [4.69, 9.17) is 0 Å². The van der Waals surface area contributed by atoms with E-state index in [1.807, 2.05) is 30.3 Å². The van der Waals surface area contributed by atoms with Gasteiger partial charge in [0.15, 0.2) is 0 Å². The van der Waals surface area contributed by atoms with E-state index in [9.17, 15) is 19.7 Å². The Morgan fingerprint density at radius 2 is 1.56 bits per heavy atom. The number of nitrogens with zero attached hydrogens (tertiary/aromatic N) is 3. The number of anilines is 1. The molecule has 1 unspecified atom stereocenters. The van der Waals surface area contributed by atoms with Crippen LogP contribution in [0, 0.1) is 16.0 Å². The summed E-state index contributed by atoms with van der Waals surface area (Å²) in [5.41, 5.74) is 1.21. The molecule has 2 fully saturated rings. The second kappa shape index (κ2) is 9.91. The SMILES string of the molecule is O=C(Nc1ccccc1)C(C1CCCC1)N1CCN(C(=O)c2ccc([N+](=O)[O-])cc2)CC1. The number of amides is 2. The third-order valence-corrected chi connectivity index (χ3v) is 6.48. The third kappa shape index (κ3) is 4.96. The lowest BCUT2D eigenvalue weighted by molar-refractivity contribution is -0.384. The van der Waals surface area contributed by atoms with Crippen LogP contribution in [0.4, 0.5) is 11.4 Å². The molecule has 1 atom stereocenters. The van der Waals surface area contributed by atoms with E-state index in [1.54, 1.807) is 4.90 Å². The molecule has 32 heavy (non-hydrogen) atoms. The maximum absolute atomic E-state index is 13.2. The summed E-state index contributed by atoms with van der Waals surface area (Å²) in [6.45, 7) is 2.31. The minimum absolute atomic E-state index is 0.0262. The Morgan fingerprint density at radius 3 is 2.16 bits per heavy atom. The summed E-state index contributed by atoms with van der Waals surface area (Å²) in [5.74, 6) is 0.222. The van der Waals surface area contributed by atoms with Crippen molar-refractivity contribution in [2.24, 2.45) is 5.92 Å². The number of non-ortho nitro benzene ring substituents is 1. The van der Waals surface area contributed by atoms with Gasteiger partial charge in [-0.05, 0) is 43.0 Å². The third-order valence-electron chi connectivity index (χ3n) is 6.48. The number of carbonyl (C=O) groups excluding carboxylic acids is 2. The van der Waals surface area contributed by atoms with Crippen molar-refractivity contribution in [3.05, 3.63) is 70.3 Å². The number of nitro benzene ring substituents is 1. The molecular weight excluding hydrogens is 408 g/mol. The van der Waals surface area contributed by atoms with Crippen molar-refractivity contribution in [2.75, 3.05) is 31.5 Å². The number of hydrogen-bond acceptors (Lipinski definition) is 5. The molecule has 168 valence electrons. The Kier molecular flexibility index (Phi) is 6.80. The van der Waals surface area contributed by atoms with Gasteiger partial charge in [-0.1, -0.05) is 31.0 Å². The standard InChI is InChI=1S/C24H28N4O4/c29-23(25-20-8-2-1-3-9-20)22(18-6-4-5-7-18)26-14-16-27(17-15-26)24(30)19-10-12-21(13-11-19)28(31)32/h1-3,8-13,18,22H,4-7,14-17H2,(H,25,29). The quantitative estimate of drug-likeness (QED) is 0.552. The first-order valence-corrected chi connectivity index (χ1v) is 11.2. The number of para-hydroxylation sites is 1. The van der Waals surface area contributed by atoms with Crippen LogP contribution >= 0.6 is 0 Å². The summed E-state index contributed by atoms with van der Waals surface area (Å²) in [5, 5.41) is 13.9. The number of nitrogens with one attached hydrogen (secondary N) is 1. The number of carbonyl (C=O) groups is 2. The molecular formula is C24H28N4O4. The van der Waals surface area contributed by atoms with Crippen molar-refractivity contribution in [3.8, 4) is 0 Å². The summed E-state index contributed by atoms with van der Waals surface area (Å²) in [4.78, 5) is 40.4. The highest BCUT2D eigenvalue weighted by Gasteiger charge is 2.37. The van der Waals surface area contributed by atoms with E-state index in [2.05, 4.69) is 10.2 Å². The van der Waals surface area contributed by atoms with Gasteiger partial charge in [0.25, 0.3) is 11.6 Å². The molecule has 1 aliphatic carbocycles. The minimum Gasteiger partial charge on any atom is -0.336 e. The van der Waals surface area contributed by atoms with Crippen molar-refractivity contribution < 1.29 is 14.5 Å². The number of piperazine rings is 1. The Balaban J connectivity index is 1.41. The van der Waals surface area contributed by atoms with Crippen molar-refractivity contribution in [2.45, 2.75) is 31.7 Å². The summed E-state index contributed by atoms with van der Waals surface area (Å²) >= 11 is 0. The maximum atomic E-state index is 13.2. The highest BCUT2D eigenvalue weighted by atomic mass is 16.6. The number of nitro groups is 1. The number of rotatable bonds is 6. The predicted molar refractivity (Wildman–Crippen MR) is 121 cm³/mol. The van der Waals surface area contributed by atoms with Gasteiger partial charge < -0.3 is 10.2 Å². The molecule has 1 aliphatic heterocycles. The van der Waals surface area contributed by atoms with Gasteiger partial charge in [-0.2, -0.15) is 0 Å². The lowest BCUT2D eigenvalue weighted by Gasteiger charge is -2.40. The molecule has 2 aromatic rings. The summed E-state index contributed by atoms with van der Waals surface area (Å²) < 4.78 is 0. The van der Waals surface area contributed by atoms with Gasteiger partial charge >= 0.3 is 0 Å². The Bertz CT molecular complexity index is 950. The highest BCUT2D eigenvalue weighted by molar-refractivity contribution is 5.95. The van der Waals surface area contributed by atoms with E-state index >= 15 is 0 Å². The molecule has 1 N–H and O–H groups in total. The van der Waals surface area contributed by atoms with Crippen molar-refractivity contribution >= 4 is 23.2 Å². The average molecular weight is 437 g/mol. The molecule has 0 spiro atoms. The van der Waals surface area contributed by atoms with Crippen LogP contribution in [-0.2, 0) is 4.79 Å². The van der Waals surface area contributed by atoms with Crippen LogP contribution in [0.5, 0.6) is 0 Å². The lowest BCUT2D eigenvalue weighted by atomic mass is 9.94. The molecule has 2 aromatic carbocycles. The smallest absolute Gasteiger partial charge is 0.269 e. The fraction of sp³-hybridized carbons (Fsp3) is 0.417. The van der Waals surface area contributed by atoms with Crippen molar-refractivity contribution in [1.29, 1.82) is 0 Å². The maximum Gasteiger partial charge on any atom is 0.269 e. The van der Waals surface area contributed by atoms with Crippen molar-refractivity contribution in [3.63, 3.8) is 0 Å². The largest absolute Gasteiger partial charge is 0.336 e. The molecule has 8 nitrogen and oxygen atoms in total. The zero-order valence-corrected chi connectivity index (χ0v) is 18.0. The number of benzene rings is 2. The topological polar surface area (TPSA) is 95.8 Å². The Morgan fingerprint density at radius 1 is 0.938 bits per heavy atom. The second-order valence-corrected chi connectivity index (χ2v) is 8.48. The predicted octanol–water partition coefficient (Wildman–Crippen LogP) is 3.55. The zero-order chi connectivity index (χ0) is 22.5. The number of hydrogen-bond donors (Lipinski definition) is 1. The Labute approximate surface area is 187 Å². The van der Waals surface area contributed by atoms with Crippen molar-refractivity contribution in [1.82, 2.24) is 9.80 Å². The first-order chi connectivity index (χ1) is 15.5. The van der Waals surface area contributed by atoms with E-state index in [1.165, 1.54) is 24.3 Å². The van der Waals surface area contributed by atoms with Crippen LogP contribution in [0.1, 0.15) is 36.0 Å². The van der Waals surface area contributed by atoms with Crippen LogP contribution in [-0.4, -0.2) is 58.8 Å². The van der Waals surface area contributed by atoms with Gasteiger partial charge in [0.05, 0.1) is 11.0 Å². The van der Waals surface area contributed by atoms with E-state index in [-0.39, 0.29) is 23.5 Å². The van der Waals surface area contributed by atoms with Gasteiger partial charge in [-0.3, -0.25) is 24.6 Å². The van der Waals surface area contributed by atoms with E-state index < -0.39 is 4.92 Å². The lowest BCUT2D eigenvalue weighted by Crippen LogP contribution is -2.56. The molecule has 4 rings (SSSR count). The van der Waals surface area contributed by atoms with E-state index in [0.29, 0.717) is 37.7 Å². The van der Waals surface area contributed by atoms with Gasteiger partial charge in [-0.25, -0.2) is 0 Å². The fourth-order valence-electron chi connectivity index (χ4n) is 4.80. The summed E-state index contributed by atoms with van der Waals surface area (Å²) in [7, 11) is 0. The molecule has 0 bridgehead atoms. The van der Waals surface area contributed by atoms with Gasteiger partial charge in [0.2, 0.25) is 5.91 Å². The second-order valence-electron chi connectivity index (χ2n) is 8.48. The molecule has 8 heteroatoms. The fourth-order valence-corrected chi connectivity index (χ4v) is 4.80. The first kappa shape index (κ1) is 22.0. The van der Waals surface area contributed by atoms with E-state index in [0.717, 1.165) is 31.4 Å². The van der Waals surface area contributed by atoms with Crippen LogP contribution in [0.2, 0.25) is 0 Å². The highest BCUT2D eigenvalue weighted by Crippen LogP contribution is 2.32. The summed E-state index contributed by atoms with van der Waals surface area (Å²) in [6, 6.07) is 15.0. The average Bonchev–Trinajstić information content (AvgIpc) is 3.34. The molecule has 0 aromatic heterocycles. The van der Waals surface area contributed by atoms with Crippen LogP contribution < -0.4 is 5.32 Å². The van der Waals surface area contributed by atoms with Crippen LogP contribution in [0.3, 0.4) is 0 Å². The zero-order valence-electron chi connectivity index (χ0n) is 18.0.